The summed E-state index contributed by atoms with van der Waals surface area (Å²) in [5.41, 5.74) is 2.36. The van der Waals surface area contributed by atoms with Gasteiger partial charge in [-0.05, 0) is 64.9 Å². The zero-order valence-corrected chi connectivity index (χ0v) is 20.1. The summed E-state index contributed by atoms with van der Waals surface area (Å²) >= 11 is 7.05. The quantitative estimate of drug-likeness (QED) is 0.380. The van der Waals surface area contributed by atoms with E-state index in [4.69, 9.17) is 26.2 Å². The molecule has 0 saturated carbocycles. The fraction of sp³-hybridized carbons (Fsp3) is 0.115. The molecule has 1 fully saturated rings. The summed E-state index contributed by atoms with van der Waals surface area (Å²) in [5, 5.41) is 9.14. The van der Waals surface area contributed by atoms with Crippen LogP contribution in [-0.2, 0) is 17.9 Å². The lowest BCUT2D eigenvalue weighted by molar-refractivity contribution is -0.123. The molecule has 1 heterocycles. The Balaban J connectivity index is 1.47. The summed E-state index contributed by atoms with van der Waals surface area (Å²) in [5.74, 6) is -0.435. The van der Waals surface area contributed by atoms with Crippen LogP contribution < -0.4 is 9.47 Å². The van der Waals surface area contributed by atoms with Gasteiger partial charge < -0.3 is 14.6 Å². The number of rotatable bonds is 8. The Morgan fingerprint density at radius 2 is 1.80 bits per heavy atom. The van der Waals surface area contributed by atoms with Crippen molar-refractivity contribution in [3.8, 4) is 11.5 Å². The van der Waals surface area contributed by atoms with Crippen molar-refractivity contribution in [1.29, 1.82) is 0 Å². The Kier molecular flexibility index (Phi) is 7.43. The number of imide groups is 1. The van der Waals surface area contributed by atoms with Gasteiger partial charge in [0.05, 0.1) is 24.1 Å². The molecule has 3 aromatic carbocycles. The monoisotopic (exact) mass is 509 g/mol. The number of nitrogens with zero attached hydrogens (tertiary/aromatic N) is 1. The first-order valence-electron chi connectivity index (χ1n) is 10.5. The fourth-order valence-electron chi connectivity index (χ4n) is 3.38. The molecule has 7 nitrogen and oxygen atoms in total. The highest BCUT2D eigenvalue weighted by atomic mass is 35.5. The normalized spacial score (nSPS) is 14.5. The molecule has 35 heavy (non-hydrogen) atoms. The molecule has 1 aliphatic heterocycles. The lowest BCUT2D eigenvalue weighted by Crippen LogP contribution is -2.27. The van der Waals surface area contributed by atoms with Crippen molar-refractivity contribution in [2.24, 2.45) is 0 Å². The second-order valence-electron chi connectivity index (χ2n) is 7.56. The molecule has 4 rings (SSSR count). The van der Waals surface area contributed by atoms with Gasteiger partial charge in [-0.15, -0.1) is 0 Å². The van der Waals surface area contributed by atoms with Crippen LogP contribution in [0.4, 0.5) is 4.79 Å². The van der Waals surface area contributed by atoms with E-state index in [0.29, 0.717) is 32.6 Å². The maximum atomic E-state index is 12.9. The predicted molar refractivity (Wildman–Crippen MR) is 134 cm³/mol. The molecule has 1 N–H and O–H groups in total. The molecule has 1 aliphatic rings. The molecule has 9 heteroatoms. The van der Waals surface area contributed by atoms with E-state index in [0.717, 1.165) is 17.3 Å². The average Bonchev–Trinajstić information content (AvgIpc) is 3.11. The van der Waals surface area contributed by atoms with Crippen LogP contribution in [0, 0.1) is 0 Å². The number of amides is 2. The standard InChI is InChI=1S/C26H20ClNO6S/c1-33-22-12-17(8-11-21(22)34-15-16-6-9-18(10-7-16)25(30)31)13-23-24(29)28(26(32)35-23)14-19-4-2-3-5-20(19)27/h2-13H,14-15H2,1H3,(H,30,31)/b23-13-. The maximum Gasteiger partial charge on any atom is 0.335 e. The molecule has 0 bridgehead atoms. The number of ether oxygens (including phenoxy) is 2. The van der Waals surface area contributed by atoms with Crippen LogP contribution in [-0.4, -0.2) is 34.2 Å². The van der Waals surface area contributed by atoms with Crippen LogP contribution in [0.3, 0.4) is 0 Å². The summed E-state index contributed by atoms with van der Waals surface area (Å²) in [6, 6.07) is 18.7. The van der Waals surface area contributed by atoms with Crippen molar-refractivity contribution >= 4 is 46.6 Å². The molecule has 0 aromatic heterocycles. The van der Waals surface area contributed by atoms with Crippen molar-refractivity contribution in [3.63, 3.8) is 0 Å². The molecule has 0 aliphatic carbocycles. The van der Waals surface area contributed by atoms with Crippen LogP contribution >= 0.6 is 23.4 Å². The van der Waals surface area contributed by atoms with Crippen LogP contribution in [0.25, 0.3) is 6.08 Å². The van der Waals surface area contributed by atoms with Gasteiger partial charge in [0.15, 0.2) is 11.5 Å². The fourth-order valence-corrected chi connectivity index (χ4v) is 4.42. The number of carbonyl (C=O) groups excluding carboxylic acids is 2. The van der Waals surface area contributed by atoms with Crippen molar-refractivity contribution in [1.82, 2.24) is 4.90 Å². The van der Waals surface area contributed by atoms with Crippen molar-refractivity contribution in [3.05, 3.63) is 98.9 Å². The zero-order chi connectivity index (χ0) is 24.9. The lowest BCUT2D eigenvalue weighted by Gasteiger charge is -2.13. The smallest absolute Gasteiger partial charge is 0.335 e. The van der Waals surface area contributed by atoms with E-state index in [-0.39, 0.29) is 29.9 Å². The average molecular weight is 510 g/mol. The third-order valence-electron chi connectivity index (χ3n) is 5.24. The van der Waals surface area contributed by atoms with Gasteiger partial charge >= 0.3 is 5.97 Å². The predicted octanol–water partition coefficient (Wildman–Crippen LogP) is 5.86. The van der Waals surface area contributed by atoms with Gasteiger partial charge in [0.2, 0.25) is 0 Å². The minimum atomic E-state index is -0.989. The van der Waals surface area contributed by atoms with Gasteiger partial charge in [-0.2, -0.15) is 0 Å². The van der Waals surface area contributed by atoms with Crippen LogP contribution in [0.2, 0.25) is 5.02 Å². The minimum absolute atomic E-state index is 0.102. The van der Waals surface area contributed by atoms with Crippen molar-refractivity contribution in [2.75, 3.05) is 7.11 Å². The number of hydrogen-bond donors (Lipinski definition) is 1. The molecular formula is C26H20ClNO6S. The highest BCUT2D eigenvalue weighted by Gasteiger charge is 2.35. The van der Waals surface area contributed by atoms with E-state index >= 15 is 0 Å². The van der Waals surface area contributed by atoms with E-state index in [2.05, 4.69) is 0 Å². The number of carboxylic acids is 1. The molecule has 0 atom stereocenters. The largest absolute Gasteiger partial charge is 0.493 e. The first kappa shape index (κ1) is 24.4. The van der Waals surface area contributed by atoms with Crippen LogP contribution in [0.5, 0.6) is 11.5 Å². The van der Waals surface area contributed by atoms with Crippen LogP contribution in [0.15, 0.2) is 71.6 Å². The number of carboxylic acid groups (broad SMARTS) is 1. The van der Waals surface area contributed by atoms with Gasteiger partial charge in [-0.3, -0.25) is 14.5 Å². The van der Waals surface area contributed by atoms with E-state index in [1.54, 1.807) is 60.7 Å². The number of carbonyl (C=O) groups is 3. The molecule has 2 amide bonds. The highest BCUT2D eigenvalue weighted by Crippen LogP contribution is 2.36. The second kappa shape index (κ2) is 10.7. The molecule has 3 aromatic rings. The summed E-state index contributed by atoms with van der Waals surface area (Å²) in [6.07, 6.45) is 1.63. The third-order valence-corrected chi connectivity index (χ3v) is 6.52. The van der Waals surface area contributed by atoms with Gasteiger partial charge in [0.25, 0.3) is 11.1 Å². The van der Waals surface area contributed by atoms with E-state index in [1.165, 1.54) is 24.1 Å². The van der Waals surface area contributed by atoms with Gasteiger partial charge in [-0.25, -0.2) is 4.79 Å². The summed E-state index contributed by atoms with van der Waals surface area (Å²) in [7, 11) is 1.51. The van der Waals surface area contributed by atoms with Gasteiger partial charge in [0, 0.05) is 5.02 Å². The Morgan fingerprint density at radius 1 is 1.06 bits per heavy atom. The summed E-state index contributed by atoms with van der Waals surface area (Å²) in [6.45, 7) is 0.321. The third kappa shape index (κ3) is 5.67. The molecule has 0 spiro atoms. The van der Waals surface area contributed by atoms with Gasteiger partial charge in [-0.1, -0.05) is 48.0 Å². The Labute approximate surface area is 210 Å². The SMILES string of the molecule is COc1cc(/C=C2\SC(=O)N(Cc3ccccc3Cl)C2=O)ccc1OCc1ccc(C(=O)O)cc1. The number of hydrogen-bond acceptors (Lipinski definition) is 6. The van der Waals surface area contributed by atoms with Gasteiger partial charge in [0.1, 0.15) is 6.61 Å². The Hall–Kier alpha value is -3.75. The van der Waals surface area contributed by atoms with E-state index in [1.807, 2.05) is 0 Å². The lowest BCUT2D eigenvalue weighted by atomic mass is 10.1. The number of methoxy groups -OCH3 is 1. The van der Waals surface area contributed by atoms with E-state index in [9.17, 15) is 14.4 Å². The summed E-state index contributed by atoms with van der Waals surface area (Å²) in [4.78, 5) is 37.8. The number of benzene rings is 3. The van der Waals surface area contributed by atoms with Crippen molar-refractivity contribution < 1.29 is 29.0 Å². The molecule has 178 valence electrons. The molecular weight excluding hydrogens is 490 g/mol. The number of aromatic carboxylic acids is 1. The van der Waals surface area contributed by atoms with Crippen molar-refractivity contribution in [2.45, 2.75) is 13.2 Å². The Morgan fingerprint density at radius 3 is 2.49 bits per heavy atom. The topological polar surface area (TPSA) is 93.1 Å². The maximum absolute atomic E-state index is 12.9. The minimum Gasteiger partial charge on any atom is -0.493 e. The molecule has 1 saturated heterocycles. The zero-order valence-electron chi connectivity index (χ0n) is 18.6. The highest BCUT2D eigenvalue weighted by molar-refractivity contribution is 8.18. The molecule has 0 unspecified atom stereocenters. The first-order chi connectivity index (χ1) is 16.9. The van der Waals surface area contributed by atoms with Crippen LogP contribution in [0.1, 0.15) is 27.0 Å². The number of halogens is 1. The number of thioether (sulfide) groups is 1. The Bertz CT molecular complexity index is 1320. The first-order valence-corrected chi connectivity index (χ1v) is 11.7. The van der Waals surface area contributed by atoms with E-state index < -0.39 is 5.97 Å². The second-order valence-corrected chi connectivity index (χ2v) is 8.96. The summed E-state index contributed by atoms with van der Waals surface area (Å²) < 4.78 is 11.3. The molecule has 0 radical (unpaired) electrons.